The van der Waals surface area contributed by atoms with E-state index >= 15 is 0 Å². The molecule has 0 aliphatic rings. The first-order valence-corrected chi connectivity index (χ1v) is 8.38. The lowest BCUT2D eigenvalue weighted by molar-refractivity contribution is -0.149. The molecule has 0 fully saturated rings. The highest BCUT2D eigenvalue weighted by atomic mass is 35.5. The zero-order valence-electron chi connectivity index (χ0n) is 15.0. The maximum Gasteiger partial charge on any atom is 0.356 e. The van der Waals surface area contributed by atoms with Gasteiger partial charge in [-0.05, 0) is 51.1 Å². The molecule has 0 amide bonds. The predicted molar refractivity (Wildman–Crippen MR) is 96.7 cm³/mol. The van der Waals surface area contributed by atoms with Gasteiger partial charge in [0, 0.05) is 11.2 Å². The molecule has 0 saturated heterocycles. The molecule has 8 heteroatoms. The van der Waals surface area contributed by atoms with Crippen LogP contribution in [0.25, 0.3) is 0 Å². The molecule has 140 valence electrons. The first-order chi connectivity index (χ1) is 12.8. The first-order valence-electron chi connectivity index (χ1n) is 8.01. The lowest BCUT2D eigenvalue weighted by Gasteiger charge is -2.24. The van der Waals surface area contributed by atoms with E-state index in [0.29, 0.717) is 10.8 Å². The van der Waals surface area contributed by atoms with Gasteiger partial charge in [-0.1, -0.05) is 11.6 Å². The third-order valence-corrected chi connectivity index (χ3v) is 3.60. The van der Waals surface area contributed by atoms with Crippen molar-refractivity contribution in [2.45, 2.75) is 26.4 Å². The van der Waals surface area contributed by atoms with Crippen LogP contribution in [0.1, 0.15) is 36.7 Å². The second kappa shape index (κ2) is 8.52. The van der Waals surface area contributed by atoms with Crippen LogP contribution < -0.4 is 9.47 Å². The molecule has 27 heavy (non-hydrogen) atoms. The van der Waals surface area contributed by atoms with E-state index in [1.165, 1.54) is 26.1 Å². The molecule has 0 aliphatic heterocycles. The topological polar surface area (TPSA) is 98.5 Å². The fourth-order valence-electron chi connectivity index (χ4n) is 2.00. The molecule has 0 unspecified atom stereocenters. The number of esters is 2. The second-order valence-corrected chi connectivity index (χ2v) is 6.30. The van der Waals surface area contributed by atoms with Crippen molar-refractivity contribution in [3.8, 4) is 17.7 Å². The molecule has 0 radical (unpaired) electrons. The molecular weight excluding hydrogens is 372 g/mol. The van der Waals surface area contributed by atoms with Gasteiger partial charge in [0.1, 0.15) is 17.4 Å². The minimum absolute atomic E-state index is 0.119. The molecule has 1 aromatic carbocycles. The van der Waals surface area contributed by atoms with Gasteiger partial charge in [0.25, 0.3) is 0 Å². The molecule has 0 bridgehead atoms. The molecule has 0 spiro atoms. The lowest BCUT2D eigenvalue weighted by atomic mass is 10.1. The molecule has 0 N–H and O–H groups in total. The Hall–Kier alpha value is -3.11. The highest BCUT2D eigenvalue weighted by molar-refractivity contribution is 6.30. The van der Waals surface area contributed by atoms with Crippen LogP contribution in [0.2, 0.25) is 5.02 Å². The number of hydrogen-bond donors (Lipinski definition) is 0. The van der Waals surface area contributed by atoms with Gasteiger partial charge in [0.05, 0.1) is 12.2 Å². The number of benzene rings is 1. The van der Waals surface area contributed by atoms with Crippen LogP contribution in [0.15, 0.2) is 36.5 Å². The summed E-state index contributed by atoms with van der Waals surface area (Å²) in [7, 11) is 0. The zero-order valence-corrected chi connectivity index (χ0v) is 15.7. The Balaban J connectivity index is 2.24. The summed E-state index contributed by atoms with van der Waals surface area (Å²) in [6, 6.07) is 9.59. The van der Waals surface area contributed by atoms with Crippen LogP contribution in [0.3, 0.4) is 0 Å². The maximum absolute atomic E-state index is 12.6. The Morgan fingerprint density at radius 1 is 1.26 bits per heavy atom. The summed E-state index contributed by atoms with van der Waals surface area (Å²) in [6.07, 6.45) is 1.19. The molecule has 1 heterocycles. The molecule has 0 aliphatic carbocycles. The van der Waals surface area contributed by atoms with Crippen molar-refractivity contribution in [1.29, 1.82) is 5.26 Å². The predicted octanol–water partition coefficient (Wildman–Crippen LogP) is 3.55. The Morgan fingerprint density at radius 2 is 1.93 bits per heavy atom. The highest BCUT2D eigenvalue weighted by Gasteiger charge is 2.34. The monoisotopic (exact) mass is 388 g/mol. The quantitative estimate of drug-likeness (QED) is 0.697. The fraction of sp³-hybridized carbons (Fsp3) is 0.263. The van der Waals surface area contributed by atoms with Crippen LogP contribution in [0.5, 0.6) is 11.6 Å². The van der Waals surface area contributed by atoms with Crippen molar-refractivity contribution in [2.75, 3.05) is 6.61 Å². The summed E-state index contributed by atoms with van der Waals surface area (Å²) < 4.78 is 15.8. The molecular formula is C19H17ClN2O5. The second-order valence-electron chi connectivity index (χ2n) is 5.86. The molecule has 2 rings (SSSR count). The standard InChI is InChI=1S/C19H17ClN2O5/c1-4-25-17(23)15-9-12(10-21)11-22-16(15)26-18(24)19(2,3)27-14-7-5-13(20)6-8-14/h5-9,11H,4H2,1-3H3. The maximum atomic E-state index is 12.6. The van der Waals surface area contributed by atoms with Crippen molar-refractivity contribution in [3.63, 3.8) is 0 Å². The van der Waals surface area contributed by atoms with Crippen molar-refractivity contribution >= 4 is 23.5 Å². The van der Waals surface area contributed by atoms with E-state index in [2.05, 4.69) is 4.98 Å². The van der Waals surface area contributed by atoms with E-state index < -0.39 is 17.5 Å². The fourth-order valence-corrected chi connectivity index (χ4v) is 2.13. The minimum atomic E-state index is -1.38. The number of ether oxygens (including phenoxy) is 3. The van der Waals surface area contributed by atoms with Gasteiger partial charge >= 0.3 is 11.9 Å². The van der Waals surface area contributed by atoms with Crippen LogP contribution in [0, 0.1) is 11.3 Å². The van der Waals surface area contributed by atoms with Crippen LogP contribution in [-0.4, -0.2) is 29.1 Å². The van der Waals surface area contributed by atoms with E-state index in [-0.39, 0.29) is 23.6 Å². The SMILES string of the molecule is CCOC(=O)c1cc(C#N)cnc1OC(=O)C(C)(C)Oc1ccc(Cl)cc1. The van der Waals surface area contributed by atoms with E-state index in [4.69, 9.17) is 31.1 Å². The van der Waals surface area contributed by atoms with Gasteiger partial charge in [-0.15, -0.1) is 0 Å². The van der Waals surface area contributed by atoms with E-state index in [0.717, 1.165) is 0 Å². The Morgan fingerprint density at radius 3 is 2.52 bits per heavy atom. The summed E-state index contributed by atoms with van der Waals surface area (Å²) in [5, 5.41) is 9.51. The number of halogens is 1. The average molecular weight is 389 g/mol. The Labute approximate surface area is 161 Å². The number of carbonyl (C=O) groups is 2. The molecule has 1 aromatic heterocycles. The first kappa shape index (κ1) is 20.2. The summed E-state index contributed by atoms with van der Waals surface area (Å²) >= 11 is 5.83. The average Bonchev–Trinajstić information content (AvgIpc) is 2.64. The number of pyridine rings is 1. The van der Waals surface area contributed by atoms with E-state index in [9.17, 15) is 9.59 Å². The zero-order chi connectivity index (χ0) is 20.0. The van der Waals surface area contributed by atoms with Crippen LogP contribution in [0.4, 0.5) is 0 Å². The summed E-state index contributed by atoms with van der Waals surface area (Å²) in [5.74, 6) is -1.37. The summed E-state index contributed by atoms with van der Waals surface area (Å²) in [6.45, 7) is 4.78. The molecule has 7 nitrogen and oxygen atoms in total. The van der Waals surface area contributed by atoms with Gasteiger partial charge < -0.3 is 14.2 Å². The molecule has 0 saturated carbocycles. The van der Waals surface area contributed by atoms with Crippen molar-refractivity contribution < 1.29 is 23.8 Å². The normalized spacial score (nSPS) is 10.6. The third-order valence-electron chi connectivity index (χ3n) is 3.34. The Bertz CT molecular complexity index is 888. The van der Waals surface area contributed by atoms with Gasteiger partial charge in [-0.25, -0.2) is 14.6 Å². The van der Waals surface area contributed by atoms with Gasteiger partial charge in [-0.2, -0.15) is 5.26 Å². The number of nitrogens with zero attached hydrogens (tertiary/aromatic N) is 2. The summed E-state index contributed by atoms with van der Waals surface area (Å²) in [4.78, 5) is 28.5. The van der Waals surface area contributed by atoms with E-state index in [1.54, 1.807) is 31.2 Å². The molecule has 0 atom stereocenters. The van der Waals surface area contributed by atoms with Crippen molar-refractivity contribution in [2.24, 2.45) is 0 Å². The lowest BCUT2D eigenvalue weighted by Crippen LogP contribution is -2.41. The van der Waals surface area contributed by atoms with Crippen LogP contribution >= 0.6 is 11.6 Å². The molecule has 2 aromatic rings. The largest absolute Gasteiger partial charge is 0.476 e. The Kier molecular flexibility index (Phi) is 6.37. The van der Waals surface area contributed by atoms with Crippen molar-refractivity contribution in [1.82, 2.24) is 4.98 Å². The number of hydrogen-bond acceptors (Lipinski definition) is 7. The van der Waals surface area contributed by atoms with Gasteiger partial charge in [0.2, 0.25) is 11.5 Å². The van der Waals surface area contributed by atoms with Gasteiger partial charge in [-0.3, -0.25) is 0 Å². The smallest absolute Gasteiger partial charge is 0.356 e. The van der Waals surface area contributed by atoms with Gasteiger partial charge in [0.15, 0.2) is 0 Å². The number of carbonyl (C=O) groups excluding carboxylic acids is 2. The van der Waals surface area contributed by atoms with E-state index in [1.807, 2.05) is 6.07 Å². The minimum Gasteiger partial charge on any atom is -0.476 e. The third kappa shape index (κ3) is 5.19. The highest BCUT2D eigenvalue weighted by Crippen LogP contribution is 2.24. The summed E-state index contributed by atoms with van der Waals surface area (Å²) in [5.41, 5.74) is -1.36. The van der Waals surface area contributed by atoms with Crippen molar-refractivity contribution in [3.05, 3.63) is 52.7 Å². The van der Waals surface area contributed by atoms with Crippen LogP contribution in [-0.2, 0) is 9.53 Å². The number of nitriles is 1. The number of rotatable bonds is 6. The number of aromatic nitrogens is 1.